The van der Waals surface area contributed by atoms with Gasteiger partial charge in [0.2, 0.25) is 0 Å². The third-order valence-corrected chi connectivity index (χ3v) is 3.88. The maximum Gasteiger partial charge on any atom is 0.417 e. The Bertz CT molecular complexity index is 664. The number of alkyl halides is 3. The number of carbonyl (C=O) groups excluding carboxylic acids is 1. The van der Waals surface area contributed by atoms with Crippen molar-refractivity contribution in [3.63, 3.8) is 0 Å². The molecule has 0 fully saturated rings. The van der Waals surface area contributed by atoms with Crippen LogP contribution >= 0.6 is 11.3 Å². The van der Waals surface area contributed by atoms with Gasteiger partial charge < -0.3 is 10.5 Å². The van der Waals surface area contributed by atoms with Crippen LogP contribution in [-0.2, 0) is 10.9 Å². The average Bonchev–Trinajstić information content (AvgIpc) is 2.80. The fraction of sp³-hybridized carbons (Fsp3) is 0.214. The van der Waals surface area contributed by atoms with Gasteiger partial charge in [-0.15, -0.1) is 11.3 Å². The fourth-order valence-electron chi connectivity index (χ4n) is 1.84. The molecular weight excluding hydrogens is 303 g/mol. The van der Waals surface area contributed by atoms with Crippen molar-refractivity contribution in [2.24, 2.45) is 0 Å². The minimum absolute atomic E-state index is 0.00255. The predicted molar refractivity (Wildman–Crippen MR) is 75.1 cm³/mol. The lowest BCUT2D eigenvalue weighted by Crippen LogP contribution is -2.06. The smallest absolute Gasteiger partial charge is 0.417 e. The Labute approximate surface area is 123 Å². The molecule has 0 aliphatic rings. The summed E-state index contributed by atoms with van der Waals surface area (Å²) in [7, 11) is 0. The van der Waals surface area contributed by atoms with E-state index in [-0.39, 0.29) is 27.6 Å². The number of rotatable bonds is 3. The first-order chi connectivity index (χ1) is 9.84. The van der Waals surface area contributed by atoms with Crippen LogP contribution in [0.3, 0.4) is 0 Å². The molecule has 21 heavy (non-hydrogen) atoms. The van der Waals surface area contributed by atoms with Crippen LogP contribution in [0.5, 0.6) is 0 Å². The van der Waals surface area contributed by atoms with Crippen LogP contribution in [0.1, 0.15) is 22.2 Å². The Morgan fingerprint density at radius 2 is 2.00 bits per heavy atom. The zero-order chi connectivity index (χ0) is 15.6. The standard InChI is InChI=1S/C14H12F3NO2S/c1-2-20-13(19)12-10(18)7-11(21-12)8-5-3-4-6-9(8)14(15,16)17/h3-7H,2,18H2,1H3. The van der Waals surface area contributed by atoms with E-state index in [0.29, 0.717) is 0 Å². The highest BCUT2D eigenvalue weighted by molar-refractivity contribution is 7.18. The lowest BCUT2D eigenvalue weighted by molar-refractivity contribution is -0.137. The van der Waals surface area contributed by atoms with E-state index in [1.165, 1.54) is 24.3 Å². The van der Waals surface area contributed by atoms with Gasteiger partial charge in [-0.3, -0.25) is 0 Å². The molecule has 1 heterocycles. The molecule has 1 aromatic heterocycles. The lowest BCUT2D eigenvalue weighted by Gasteiger charge is -2.10. The number of hydrogen-bond acceptors (Lipinski definition) is 4. The highest BCUT2D eigenvalue weighted by Crippen LogP contribution is 2.41. The number of nitrogen functional groups attached to an aromatic ring is 1. The second-order valence-electron chi connectivity index (χ2n) is 4.16. The second-order valence-corrected chi connectivity index (χ2v) is 5.21. The monoisotopic (exact) mass is 315 g/mol. The zero-order valence-corrected chi connectivity index (χ0v) is 11.8. The van der Waals surface area contributed by atoms with Gasteiger partial charge in [-0.1, -0.05) is 18.2 Å². The quantitative estimate of drug-likeness (QED) is 0.864. The largest absolute Gasteiger partial charge is 0.462 e. The second kappa shape index (κ2) is 5.77. The molecule has 0 spiro atoms. The van der Waals surface area contributed by atoms with Crippen LogP contribution in [-0.4, -0.2) is 12.6 Å². The molecule has 1 aromatic carbocycles. The summed E-state index contributed by atoms with van der Waals surface area (Å²) in [6.07, 6.45) is -4.47. The topological polar surface area (TPSA) is 52.3 Å². The number of halogens is 3. The molecule has 2 aromatic rings. The van der Waals surface area contributed by atoms with E-state index in [0.717, 1.165) is 17.4 Å². The summed E-state index contributed by atoms with van der Waals surface area (Å²) in [6, 6.07) is 6.53. The van der Waals surface area contributed by atoms with Gasteiger partial charge in [-0.25, -0.2) is 4.79 Å². The van der Waals surface area contributed by atoms with E-state index in [1.54, 1.807) is 6.92 Å². The van der Waals surface area contributed by atoms with Gasteiger partial charge in [-0.2, -0.15) is 13.2 Å². The summed E-state index contributed by atoms with van der Waals surface area (Å²) >= 11 is 0.891. The molecule has 112 valence electrons. The van der Waals surface area contributed by atoms with Gasteiger partial charge in [0.15, 0.2) is 0 Å². The summed E-state index contributed by atoms with van der Waals surface area (Å²) in [6.45, 7) is 1.81. The number of hydrogen-bond donors (Lipinski definition) is 1. The number of carbonyl (C=O) groups is 1. The molecule has 2 N–H and O–H groups in total. The first-order valence-electron chi connectivity index (χ1n) is 6.07. The molecule has 0 radical (unpaired) electrons. The molecule has 0 bridgehead atoms. The highest BCUT2D eigenvalue weighted by Gasteiger charge is 2.34. The molecule has 0 atom stereocenters. The van der Waals surface area contributed by atoms with Crippen molar-refractivity contribution < 1.29 is 22.7 Å². The predicted octanol–water partition coefficient (Wildman–Crippen LogP) is 4.19. The molecule has 7 heteroatoms. The Hall–Kier alpha value is -2.02. The molecular formula is C14H12F3NO2S. The minimum Gasteiger partial charge on any atom is -0.462 e. The van der Waals surface area contributed by atoms with Crippen molar-refractivity contribution in [1.82, 2.24) is 0 Å². The van der Waals surface area contributed by atoms with Crippen LogP contribution in [0.4, 0.5) is 18.9 Å². The lowest BCUT2D eigenvalue weighted by atomic mass is 10.1. The Morgan fingerprint density at radius 1 is 1.33 bits per heavy atom. The highest BCUT2D eigenvalue weighted by atomic mass is 32.1. The average molecular weight is 315 g/mol. The van der Waals surface area contributed by atoms with Crippen molar-refractivity contribution in [3.05, 3.63) is 40.8 Å². The fourth-order valence-corrected chi connectivity index (χ4v) is 2.85. The molecule has 0 aliphatic heterocycles. The number of benzene rings is 1. The van der Waals surface area contributed by atoms with E-state index in [4.69, 9.17) is 10.5 Å². The van der Waals surface area contributed by atoms with Gasteiger partial charge in [0.25, 0.3) is 0 Å². The third kappa shape index (κ3) is 3.18. The van der Waals surface area contributed by atoms with Crippen LogP contribution < -0.4 is 5.73 Å². The normalized spacial score (nSPS) is 11.4. The van der Waals surface area contributed by atoms with E-state index in [9.17, 15) is 18.0 Å². The number of esters is 1. The first kappa shape index (κ1) is 15.4. The molecule has 3 nitrogen and oxygen atoms in total. The molecule has 0 amide bonds. The Morgan fingerprint density at radius 3 is 2.62 bits per heavy atom. The zero-order valence-electron chi connectivity index (χ0n) is 11.0. The SMILES string of the molecule is CCOC(=O)c1sc(-c2ccccc2C(F)(F)F)cc1N. The van der Waals surface area contributed by atoms with Gasteiger partial charge in [0.05, 0.1) is 17.9 Å². The van der Waals surface area contributed by atoms with Crippen LogP contribution in [0.2, 0.25) is 0 Å². The van der Waals surface area contributed by atoms with Crippen LogP contribution in [0.15, 0.2) is 30.3 Å². The number of nitrogens with two attached hydrogens (primary N) is 1. The van der Waals surface area contributed by atoms with Gasteiger partial charge in [0.1, 0.15) is 4.88 Å². The molecule has 0 aliphatic carbocycles. The molecule has 0 unspecified atom stereocenters. The third-order valence-electron chi connectivity index (χ3n) is 2.72. The van der Waals surface area contributed by atoms with Crippen molar-refractivity contribution >= 4 is 23.0 Å². The first-order valence-corrected chi connectivity index (χ1v) is 6.89. The summed E-state index contributed by atoms with van der Waals surface area (Å²) in [5, 5.41) is 0. The van der Waals surface area contributed by atoms with E-state index in [2.05, 4.69) is 0 Å². The van der Waals surface area contributed by atoms with Gasteiger partial charge >= 0.3 is 12.1 Å². The summed E-state index contributed by atoms with van der Waals surface area (Å²) in [4.78, 5) is 12.1. The van der Waals surface area contributed by atoms with Crippen LogP contribution in [0, 0.1) is 0 Å². The van der Waals surface area contributed by atoms with E-state index >= 15 is 0 Å². The summed E-state index contributed by atoms with van der Waals surface area (Å²) in [5.74, 6) is -0.629. The summed E-state index contributed by atoms with van der Waals surface area (Å²) < 4.78 is 43.8. The maximum absolute atomic E-state index is 13.0. The van der Waals surface area contributed by atoms with Gasteiger partial charge in [-0.05, 0) is 19.1 Å². The number of ether oxygens (including phenoxy) is 1. The summed E-state index contributed by atoms with van der Waals surface area (Å²) in [5.41, 5.74) is 5.05. The Kier molecular flexibility index (Phi) is 4.22. The van der Waals surface area contributed by atoms with E-state index < -0.39 is 17.7 Å². The van der Waals surface area contributed by atoms with Gasteiger partial charge in [0, 0.05) is 10.4 Å². The Balaban J connectivity index is 2.50. The molecule has 0 saturated carbocycles. The minimum atomic E-state index is -4.47. The van der Waals surface area contributed by atoms with E-state index in [1.807, 2.05) is 0 Å². The van der Waals surface area contributed by atoms with Crippen molar-refractivity contribution in [2.75, 3.05) is 12.3 Å². The number of thiophene rings is 1. The van der Waals surface area contributed by atoms with Crippen molar-refractivity contribution in [2.45, 2.75) is 13.1 Å². The maximum atomic E-state index is 13.0. The molecule has 2 rings (SSSR count). The molecule has 0 saturated heterocycles. The van der Waals surface area contributed by atoms with Crippen molar-refractivity contribution in [3.8, 4) is 10.4 Å². The van der Waals surface area contributed by atoms with Crippen molar-refractivity contribution in [1.29, 1.82) is 0 Å². The number of anilines is 1. The van der Waals surface area contributed by atoms with Crippen LogP contribution in [0.25, 0.3) is 10.4 Å².